The number of nitrogens with one attached hydrogen (secondary N) is 1. The Balaban J connectivity index is 1.59. The number of halogens is 4. The number of alkyl halides is 3. The molecule has 1 amide bonds. The van der Waals surface area contributed by atoms with E-state index in [1.165, 1.54) is 11.3 Å². The largest absolute Gasteiger partial charge is 0.417 e. The molecule has 3 rings (SSSR count). The van der Waals surface area contributed by atoms with Gasteiger partial charge in [-0.05, 0) is 26.8 Å². The van der Waals surface area contributed by atoms with Gasteiger partial charge in [-0.25, -0.2) is 9.97 Å². The van der Waals surface area contributed by atoms with Crippen molar-refractivity contribution in [2.24, 2.45) is 0 Å². The molecule has 1 aliphatic heterocycles. The van der Waals surface area contributed by atoms with Gasteiger partial charge in [-0.1, -0.05) is 11.6 Å². The molecule has 11 heteroatoms. The highest BCUT2D eigenvalue weighted by Gasteiger charge is 2.33. The summed E-state index contributed by atoms with van der Waals surface area (Å²) in [4.78, 5) is 25.7. The maximum absolute atomic E-state index is 12.8. The van der Waals surface area contributed by atoms with E-state index >= 15 is 0 Å². The number of carbonyl (C=O) groups excluding carboxylic acids is 1. The van der Waals surface area contributed by atoms with Gasteiger partial charge in [-0.15, -0.1) is 11.3 Å². The van der Waals surface area contributed by atoms with Crippen LogP contribution in [0.25, 0.3) is 0 Å². The molecule has 2 aromatic rings. The van der Waals surface area contributed by atoms with E-state index in [0.29, 0.717) is 37.1 Å². The Labute approximate surface area is 175 Å². The molecule has 0 spiro atoms. The number of nitrogens with zero attached hydrogens (tertiary/aromatic N) is 4. The minimum absolute atomic E-state index is 0.0337. The van der Waals surface area contributed by atoms with Crippen molar-refractivity contribution in [2.45, 2.75) is 33.0 Å². The summed E-state index contributed by atoms with van der Waals surface area (Å²) in [6.45, 7) is 7.79. The second-order valence-electron chi connectivity index (χ2n) is 6.88. The maximum Gasteiger partial charge on any atom is 0.417 e. The summed E-state index contributed by atoms with van der Waals surface area (Å²) >= 11 is 7.47. The van der Waals surface area contributed by atoms with Gasteiger partial charge in [0.25, 0.3) is 0 Å². The number of aryl methyl sites for hydroxylation is 2. The lowest BCUT2D eigenvalue weighted by Crippen LogP contribution is -2.53. The summed E-state index contributed by atoms with van der Waals surface area (Å²) < 4.78 is 38.3. The van der Waals surface area contributed by atoms with Crippen LogP contribution in [-0.2, 0) is 11.0 Å². The summed E-state index contributed by atoms with van der Waals surface area (Å²) in [5.74, 6) is 0.183. The molecule has 0 aromatic carbocycles. The molecular formula is C18H21ClF3N5OS. The summed E-state index contributed by atoms with van der Waals surface area (Å²) in [7, 11) is 0. The summed E-state index contributed by atoms with van der Waals surface area (Å²) in [6, 6.07) is 0.530. The van der Waals surface area contributed by atoms with Crippen molar-refractivity contribution < 1.29 is 18.0 Å². The van der Waals surface area contributed by atoms with Gasteiger partial charge in [0.1, 0.15) is 5.82 Å². The van der Waals surface area contributed by atoms with E-state index in [4.69, 9.17) is 11.6 Å². The molecule has 3 heterocycles. The smallest absolute Gasteiger partial charge is 0.353 e. The van der Waals surface area contributed by atoms with Crippen LogP contribution < -0.4 is 10.2 Å². The van der Waals surface area contributed by atoms with Crippen LogP contribution in [0.1, 0.15) is 23.1 Å². The van der Waals surface area contributed by atoms with Gasteiger partial charge in [0.2, 0.25) is 5.91 Å². The number of rotatable bonds is 4. The van der Waals surface area contributed by atoms with Crippen molar-refractivity contribution in [2.75, 3.05) is 36.4 Å². The molecule has 0 radical (unpaired) electrons. The third-order valence-electron chi connectivity index (χ3n) is 4.95. The van der Waals surface area contributed by atoms with Crippen molar-refractivity contribution in [1.29, 1.82) is 0 Å². The molecule has 1 unspecified atom stereocenters. The Bertz CT molecular complexity index is 877. The number of carbonyl (C=O) groups is 1. The lowest BCUT2D eigenvalue weighted by atomic mass is 10.2. The van der Waals surface area contributed by atoms with E-state index < -0.39 is 11.7 Å². The van der Waals surface area contributed by atoms with E-state index in [-0.39, 0.29) is 17.0 Å². The van der Waals surface area contributed by atoms with E-state index in [0.717, 1.165) is 22.8 Å². The number of pyridine rings is 1. The number of thiazole rings is 1. The SMILES string of the molecule is Cc1nc(NC(=O)C(C)N2CCN(c3ncc(C(F)(F)F)cc3Cl)CC2)sc1C. The van der Waals surface area contributed by atoms with Crippen LogP contribution in [0.3, 0.4) is 0 Å². The van der Waals surface area contributed by atoms with E-state index in [2.05, 4.69) is 15.3 Å². The van der Waals surface area contributed by atoms with Gasteiger partial charge >= 0.3 is 6.18 Å². The number of aromatic nitrogens is 2. The Kier molecular flexibility index (Phi) is 6.35. The van der Waals surface area contributed by atoms with Crippen molar-refractivity contribution >= 4 is 39.8 Å². The van der Waals surface area contributed by atoms with Crippen LogP contribution in [0.2, 0.25) is 5.02 Å². The Morgan fingerprint density at radius 2 is 1.93 bits per heavy atom. The zero-order chi connectivity index (χ0) is 21.3. The Morgan fingerprint density at radius 3 is 2.45 bits per heavy atom. The third-order valence-corrected chi connectivity index (χ3v) is 6.22. The molecule has 2 aromatic heterocycles. The molecule has 158 valence electrons. The zero-order valence-electron chi connectivity index (χ0n) is 16.2. The first-order valence-corrected chi connectivity index (χ1v) is 10.2. The lowest BCUT2D eigenvalue weighted by molar-refractivity contribution is -0.137. The van der Waals surface area contributed by atoms with E-state index in [9.17, 15) is 18.0 Å². The third kappa shape index (κ3) is 4.99. The fourth-order valence-electron chi connectivity index (χ4n) is 3.04. The van der Waals surface area contributed by atoms with E-state index in [1.807, 2.05) is 30.6 Å². The molecule has 0 aliphatic carbocycles. The predicted molar refractivity (Wildman–Crippen MR) is 108 cm³/mol. The summed E-state index contributed by atoms with van der Waals surface area (Å²) in [5, 5.41) is 3.39. The monoisotopic (exact) mass is 447 g/mol. The molecule has 6 nitrogen and oxygen atoms in total. The topological polar surface area (TPSA) is 61.4 Å². The van der Waals surface area contributed by atoms with Crippen LogP contribution >= 0.6 is 22.9 Å². The molecule has 29 heavy (non-hydrogen) atoms. The Morgan fingerprint density at radius 1 is 1.28 bits per heavy atom. The fraction of sp³-hybridized carbons (Fsp3) is 0.500. The quantitative estimate of drug-likeness (QED) is 0.768. The molecule has 1 N–H and O–H groups in total. The van der Waals surface area contributed by atoms with Crippen LogP contribution in [0.15, 0.2) is 12.3 Å². The van der Waals surface area contributed by atoms with Gasteiger partial charge in [-0.3, -0.25) is 9.69 Å². The maximum atomic E-state index is 12.8. The minimum Gasteiger partial charge on any atom is -0.353 e. The molecule has 1 aliphatic rings. The van der Waals surface area contributed by atoms with Crippen LogP contribution in [0.4, 0.5) is 24.1 Å². The molecule has 0 saturated carbocycles. The molecule has 1 saturated heterocycles. The number of hydrogen-bond donors (Lipinski definition) is 1. The van der Waals surface area contributed by atoms with Gasteiger partial charge in [0.05, 0.1) is 22.3 Å². The predicted octanol–water partition coefficient (Wildman–Crippen LogP) is 3.98. The normalized spacial score (nSPS) is 16.7. The summed E-state index contributed by atoms with van der Waals surface area (Å²) in [6.07, 6.45) is -3.69. The van der Waals surface area contributed by atoms with Gasteiger partial charge in [-0.2, -0.15) is 13.2 Å². The lowest BCUT2D eigenvalue weighted by Gasteiger charge is -2.38. The first-order chi connectivity index (χ1) is 13.6. The second-order valence-corrected chi connectivity index (χ2v) is 8.49. The standard InChI is InChI=1S/C18H21ClF3N5OS/c1-10-12(3)29-17(24-10)25-16(28)11(2)26-4-6-27(7-5-26)15-14(19)8-13(9-23-15)18(20,21)22/h8-9,11H,4-7H2,1-3H3,(H,24,25,28). The molecule has 0 bridgehead atoms. The second kappa shape index (κ2) is 8.45. The van der Waals surface area contributed by atoms with Gasteiger partial charge in [0.15, 0.2) is 5.13 Å². The first-order valence-electron chi connectivity index (χ1n) is 9.03. The van der Waals surface area contributed by atoms with Crippen LogP contribution in [0, 0.1) is 13.8 Å². The summed E-state index contributed by atoms with van der Waals surface area (Å²) in [5.41, 5.74) is 0.0235. The average molecular weight is 448 g/mol. The van der Waals surface area contributed by atoms with Gasteiger partial charge < -0.3 is 10.2 Å². The van der Waals surface area contributed by atoms with Crippen molar-refractivity contribution in [3.05, 3.63) is 33.4 Å². The highest BCUT2D eigenvalue weighted by atomic mass is 35.5. The highest BCUT2D eigenvalue weighted by molar-refractivity contribution is 7.15. The van der Waals surface area contributed by atoms with Gasteiger partial charge in [0, 0.05) is 37.3 Å². The molecule has 1 fully saturated rings. The van der Waals surface area contributed by atoms with Crippen molar-refractivity contribution in [3.63, 3.8) is 0 Å². The fourth-order valence-corrected chi connectivity index (χ4v) is 4.14. The molecular weight excluding hydrogens is 427 g/mol. The first kappa shape index (κ1) is 21.8. The van der Waals surface area contributed by atoms with Crippen molar-refractivity contribution in [3.8, 4) is 0 Å². The minimum atomic E-state index is -4.48. The van der Waals surface area contributed by atoms with Crippen LogP contribution in [-0.4, -0.2) is 53.0 Å². The number of anilines is 2. The number of hydrogen-bond acceptors (Lipinski definition) is 6. The number of piperazine rings is 1. The molecule has 1 atom stereocenters. The Hall–Kier alpha value is -1.91. The zero-order valence-corrected chi connectivity index (χ0v) is 17.8. The van der Waals surface area contributed by atoms with Crippen molar-refractivity contribution in [1.82, 2.24) is 14.9 Å². The number of amides is 1. The van der Waals surface area contributed by atoms with Crippen LogP contribution in [0.5, 0.6) is 0 Å². The average Bonchev–Trinajstić information content (AvgIpc) is 2.97. The van der Waals surface area contributed by atoms with E-state index in [1.54, 1.807) is 0 Å². The highest BCUT2D eigenvalue weighted by Crippen LogP contribution is 2.33.